The highest BCUT2D eigenvalue weighted by atomic mass is 16.3. The molecule has 0 heterocycles. The fraction of sp³-hybridized carbons (Fsp3) is 1.00. The number of hydrogen-bond donors (Lipinski definition) is 1. The molecule has 0 amide bonds. The van der Waals surface area contributed by atoms with Gasteiger partial charge in [0.25, 0.3) is 0 Å². The molecule has 0 aromatic carbocycles. The number of aliphatic hydroxyl groups is 1. The molecule has 0 aliphatic rings. The van der Waals surface area contributed by atoms with Gasteiger partial charge in [0.1, 0.15) is 0 Å². The van der Waals surface area contributed by atoms with E-state index in [4.69, 9.17) is 0 Å². The Kier molecular flexibility index (Phi) is 17.3. The summed E-state index contributed by atoms with van der Waals surface area (Å²) in [6.07, 6.45) is 21.0. The third-order valence-corrected chi connectivity index (χ3v) is 4.71. The van der Waals surface area contributed by atoms with Crippen LogP contribution in [0.5, 0.6) is 0 Å². The summed E-state index contributed by atoms with van der Waals surface area (Å²) in [6, 6.07) is 0. The van der Waals surface area contributed by atoms with E-state index in [1.54, 1.807) is 0 Å². The van der Waals surface area contributed by atoms with Gasteiger partial charge in [-0.2, -0.15) is 0 Å². The summed E-state index contributed by atoms with van der Waals surface area (Å²) in [7, 11) is 0. The van der Waals surface area contributed by atoms with E-state index in [1.807, 2.05) is 0 Å². The maximum absolute atomic E-state index is 9.98. The summed E-state index contributed by atoms with van der Waals surface area (Å²) in [5.74, 6) is 0.830. The van der Waals surface area contributed by atoms with Gasteiger partial charge in [0, 0.05) is 0 Å². The van der Waals surface area contributed by atoms with Crippen LogP contribution in [-0.4, -0.2) is 11.2 Å². The first kappa shape index (κ1) is 22.0. The Morgan fingerprint density at radius 1 is 0.545 bits per heavy atom. The summed E-state index contributed by atoms with van der Waals surface area (Å²) in [5, 5.41) is 9.98. The van der Waals surface area contributed by atoms with Gasteiger partial charge in [-0.1, -0.05) is 111 Å². The summed E-state index contributed by atoms with van der Waals surface area (Å²) < 4.78 is 0. The van der Waals surface area contributed by atoms with E-state index >= 15 is 0 Å². The maximum Gasteiger partial charge on any atom is 0.0540 e. The number of unbranched alkanes of at least 4 members (excludes halogenated alkanes) is 11. The zero-order chi connectivity index (χ0) is 16.5. The van der Waals surface area contributed by atoms with Crippen molar-refractivity contribution in [3.63, 3.8) is 0 Å². The topological polar surface area (TPSA) is 20.2 Å². The van der Waals surface area contributed by atoms with Gasteiger partial charge in [-0.25, -0.2) is 0 Å². The molecule has 0 aliphatic heterocycles. The molecule has 0 bridgehead atoms. The third-order valence-electron chi connectivity index (χ3n) is 4.71. The number of hydrogen-bond acceptors (Lipinski definition) is 1. The minimum Gasteiger partial charge on any atom is -0.393 e. The smallest absolute Gasteiger partial charge is 0.0540 e. The lowest BCUT2D eigenvalue weighted by Gasteiger charge is -2.10. The Morgan fingerprint density at radius 3 is 1.36 bits per heavy atom. The quantitative estimate of drug-likeness (QED) is 0.280. The van der Waals surface area contributed by atoms with E-state index < -0.39 is 0 Å². The van der Waals surface area contributed by atoms with Gasteiger partial charge in [-0.15, -0.1) is 0 Å². The predicted octanol–water partition coefficient (Wildman–Crippen LogP) is 7.26. The lowest BCUT2D eigenvalue weighted by molar-refractivity contribution is 0.147. The number of aliphatic hydroxyl groups excluding tert-OH is 1. The van der Waals surface area contributed by atoms with Crippen molar-refractivity contribution in [2.45, 2.75) is 130 Å². The Labute approximate surface area is 141 Å². The molecule has 1 N–H and O–H groups in total. The molecule has 0 rings (SSSR count). The predicted molar refractivity (Wildman–Crippen MR) is 100 cm³/mol. The molecule has 1 nitrogen and oxygen atoms in total. The first-order chi connectivity index (χ1) is 10.7. The fourth-order valence-corrected chi connectivity index (χ4v) is 3.12. The highest BCUT2D eigenvalue weighted by molar-refractivity contribution is 4.58. The van der Waals surface area contributed by atoms with Gasteiger partial charge >= 0.3 is 0 Å². The van der Waals surface area contributed by atoms with Crippen LogP contribution in [0.1, 0.15) is 124 Å². The van der Waals surface area contributed by atoms with Crippen LogP contribution < -0.4 is 0 Å². The normalized spacial score (nSPS) is 13.0. The molecule has 0 radical (unpaired) electrons. The second-order valence-electron chi connectivity index (χ2n) is 7.66. The molecule has 0 spiro atoms. The van der Waals surface area contributed by atoms with Gasteiger partial charge in [-0.05, 0) is 18.8 Å². The average molecular weight is 313 g/mol. The molecule has 0 fully saturated rings. The van der Waals surface area contributed by atoms with Crippen LogP contribution >= 0.6 is 0 Å². The lowest BCUT2D eigenvalue weighted by Crippen LogP contribution is -2.06. The molecule has 22 heavy (non-hydrogen) atoms. The first-order valence-electron chi connectivity index (χ1n) is 10.3. The van der Waals surface area contributed by atoms with Crippen LogP contribution in [0.2, 0.25) is 0 Å². The van der Waals surface area contributed by atoms with Crippen molar-refractivity contribution in [3.8, 4) is 0 Å². The van der Waals surface area contributed by atoms with Gasteiger partial charge in [-0.3, -0.25) is 0 Å². The third kappa shape index (κ3) is 18.0. The van der Waals surface area contributed by atoms with E-state index in [0.717, 1.165) is 18.8 Å². The molecule has 0 aliphatic carbocycles. The molecule has 0 saturated heterocycles. The van der Waals surface area contributed by atoms with Gasteiger partial charge in [0.05, 0.1) is 6.10 Å². The van der Waals surface area contributed by atoms with Crippen LogP contribution in [0.25, 0.3) is 0 Å². The standard InChI is InChI=1S/C21H44O/c1-4-5-6-7-8-9-10-11-12-15-18-21(22)19-16-13-14-17-20(2)3/h20-22H,4-19H2,1-3H3. The van der Waals surface area contributed by atoms with E-state index in [1.165, 1.54) is 89.9 Å². The van der Waals surface area contributed by atoms with Crippen molar-refractivity contribution in [1.82, 2.24) is 0 Å². The van der Waals surface area contributed by atoms with E-state index in [0.29, 0.717) is 0 Å². The Balaban J connectivity index is 3.13. The highest BCUT2D eigenvalue weighted by Crippen LogP contribution is 2.15. The van der Waals surface area contributed by atoms with Crippen LogP contribution in [-0.2, 0) is 0 Å². The van der Waals surface area contributed by atoms with Crippen molar-refractivity contribution in [1.29, 1.82) is 0 Å². The zero-order valence-corrected chi connectivity index (χ0v) is 15.9. The van der Waals surface area contributed by atoms with E-state index in [9.17, 15) is 5.11 Å². The van der Waals surface area contributed by atoms with Crippen LogP contribution in [0.3, 0.4) is 0 Å². The van der Waals surface area contributed by atoms with Crippen LogP contribution in [0, 0.1) is 5.92 Å². The lowest BCUT2D eigenvalue weighted by atomic mass is 10.0. The van der Waals surface area contributed by atoms with Crippen LogP contribution in [0.4, 0.5) is 0 Å². The molecule has 0 aromatic rings. The minimum atomic E-state index is -0.0342. The van der Waals surface area contributed by atoms with E-state index in [2.05, 4.69) is 20.8 Å². The van der Waals surface area contributed by atoms with Crippen molar-refractivity contribution >= 4 is 0 Å². The second-order valence-corrected chi connectivity index (χ2v) is 7.66. The molecule has 134 valence electrons. The van der Waals surface area contributed by atoms with E-state index in [-0.39, 0.29) is 6.10 Å². The largest absolute Gasteiger partial charge is 0.393 e. The second kappa shape index (κ2) is 17.3. The monoisotopic (exact) mass is 312 g/mol. The van der Waals surface area contributed by atoms with Crippen molar-refractivity contribution in [3.05, 3.63) is 0 Å². The maximum atomic E-state index is 9.98. The van der Waals surface area contributed by atoms with Crippen molar-refractivity contribution in [2.24, 2.45) is 5.92 Å². The van der Waals surface area contributed by atoms with Gasteiger partial charge in [0.15, 0.2) is 0 Å². The molecule has 1 unspecified atom stereocenters. The molecular weight excluding hydrogens is 268 g/mol. The molecule has 0 saturated carbocycles. The van der Waals surface area contributed by atoms with Gasteiger partial charge < -0.3 is 5.11 Å². The average Bonchev–Trinajstić information content (AvgIpc) is 2.48. The minimum absolute atomic E-state index is 0.0342. The summed E-state index contributed by atoms with van der Waals surface area (Å²) in [6.45, 7) is 6.86. The van der Waals surface area contributed by atoms with Crippen molar-refractivity contribution < 1.29 is 5.11 Å². The summed E-state index contributed by atoms with van der Waals surface area (Å²) >= 11 is 0. The Hall–Kier alpha value is -0.0400. The molecule has 0 aromatic heterocycles. The Morgan fingerprint density at radius 2 is 0.909 bits per heavy atom. The SMILES string of the molecule is CCCCCCCCCCCCC(O)CCCCCC(C)C. The molecule has 1 atom stereocenters. The Bertz CT molecular complexity index is 200. The zero-order valence-electron chi connectivity index (χ0n) is 15.9. The summed E-state index contributed by atoms with van der Waals surface area (Å²) in [4.78, 5) is 0. The molecular formula is C21H44O. The molecule has 1 heteroatoms. The first-order valence-corrected chi connectivity index (χ1v) is 10.3. The van der Waals surface area contributed by atoms with Crippen molar-refractivity contribution in [2.75, 3.05) is 0 Å². The highest BCUT2D eigenvalue weighted by Gasteiger charge is 2.04. The summed E-state index contributed by atoms with van der Waals surface area (Å²) in [5.41, 5.74) is 0. The number of rotatable bonds is 17. The van der Waals surface area contributed by atoms with Crippen LogP contribution in [0.15, 0.2) is 0 Å². The fourth-order valence-electron chi connectivity index (χ4n) is 3.12. The van der Waals surface area contributed by atoms with Gasteiger partial charge in [0.2, 0.25) is 0 Å².